The third-order valence-electron chi connectivity index (χ3n) is 3.60. The van der Waals surface area contributed by atoms with Crippen LogP contribution in [-0.4, -0.2) is 26.4 Å². The molecule has 0 saturated carbocycles. The zero-order chi connectivity index (χ0) is 15.5. The standard InChI is InChI=1S/C19H19NOSe/c1-13-7-9-16(10-8-13)11-17-12-21-19(22-17)20-18-14(2)5-4-6-15(18)3/h4-11H,12H2,1-3H3/b17-11-,20-19?. The Balaban J connectivity index is 1.80. The monoisotopic (exact) mass is 357 g/mol. The molecule has 112 valence electrons. The first-order chi connectivity index (χ1) is 10.6. The average Bonchev–Trinajstić information content (AvgIpc) is 2.93. The second-order valence-electron chi connectivity index (χ2n) is 5.53. The normalized spacial score (nSPS) is 18.0. The number of benzene rings is 2. The van der Waals surface area contributed by atoms with Gasteiger partial charge in [0.1, 0.15) is 0 Å². The minimum atomic E-state index is 0.180. The van der Waals surface area contributed by atoms with Crippen LogP contribution in [0.4, 0.5) is 5.69 Å². The molecule has 22 heavy (non-hydrogen) atoms. The van der Waals surface area contributed by atoms with Crippen LogP contribution < -0.4 is 0 Å². The van der Waals surface area contributed by atoms with Crippen molar-refractivity contribution in [2.45, 2.75) is 20.8 Å². The zero-order valence-corrected chi connectivity index (χ0v) is 14.8. The van der Waals surface area contributed by atoms with Crippen molar-refractivity contribution in [2.75, 3.05) is 6.61 Å². The van der Waals surface area contributed by atoms with E-state index < -0.39 is 0 Å². The van der Waals surface area contributed by atoms with Crippen molar-refractivity contribution >= 4 is 31.5 Å². The number of aliphatic imine (C=N–C) groups is 1. The van der Waals surface area contributed by atoms with Crippen LogP contribution in [0.15, 0.2) is 51.9 Å². The molecule has 1 heterocycles. The van der Waals surface area contributed by atoms with Gasteiger partial charge in [-0.15, -0.1) is 0 Å². The van der Waals surface area contributed by atoms with Gasteiger partial charge in [0.25, 0.3) is 0 Å². The Labute approximate surface area is 138 Å². The molecular weight excluding hydrogens is 337 g/mol. The Kier molecular flexibility index (Phi) is 4.46. The molecule has 0 radical (unpaired) electrons. The number of hydrogen-bond donors (Lipinski definition) is 0. The second-order valence-corrected chi connectivity index (χ2v) is 7.79. The van der Waals surface area contributed by atoms with Gasteiger partial charge in [-0.1, -0.05) is 0 Å². The fourth-order valence-corrected chi connectivity index (χ4v) is 4.01. The Morgan fingerprint density at radius 1 is 1.00 bits per heavy atom. The molecule has 1 saturated heterocycles. The predicted molar refractivity (Wildman–Crippen MR) is 93.9 cm³/mol. The van der Waals surface area contributed by atoms with Crippen LogP contribution in [0.3, 0.4) is 0 Å². The number of nitrogens with zero attached hydrogens (tertiary/aromatic N) is 1. The maximum absolute atomic E-state index is 5.78. The van der Waals surface area contributed by atoms with Crippen LogP contribution in [0.1, 0.15) is 22.3 Å². The molecule has 0 aromatic heterocycles. The SMILES string of the molecule is Cc1ccc(/C=C2/COC(=Nc3c(C)cccc3C)[Se]2)cc1. The van der Waals surface area contributed by atoms with E-state index >= 15 is 0 Å². The summed E-state index contributed by atoms with van der Waals surface area (Å²) in [6.45, 7) is 6.96. The van der Waals surface area contributed by atoms with E-state index in [0.29, 0.717) is 6.61 Å². The van der Waals surface area contributed by atoms with Gasteiger partial charge in [0.15, 0.2) is 0 Å². The maximum atomic E-state index is 5.78. The molecule has 2 aromatic rings. The molecule has 0 bridgehead atoms. The van der Waals surface area contributed by atoms with Gasteiger partial charge in [-0.05, 0) is 0 Å². The summed E-state index contributed by atoms with van der Waals surface area (Å²) < 4.78 is 7.12. The molecule has 1 aliphatic rings. The first kappa shape index (κ1) is 15.1. The van der Waals surface area contributed by atoms with Crippen LogP contribution in [0.5, 0.6) is 0 Å². The molecule has 0 atom stereocenters. The molecule has 3 rings (SSSR count). The van der Waals surface area contributed by atoms with Crippen molar-refractivity contribution in [2.24, 2.45) is 4.99 Å². The van der Waals surface area contributed by atoms with Crippen LogP contribution in [0.25, 0.3) is 6.08 Å². The van der Waals surface area contributed by atoms with Crippen molar-refractivity contribution in [1.82, 2.24) is 0 Å². The van der Waals surface area contributed by atoms with E-state index in [1.165, 1.54) is 26.7 Å². The minimum absolute atomic E-state index is 0.180. The first-order valence-corrected chi connectivity index (χ1v) is 9.06. The van der Waals surface area contributed by atoms with Crippen LogP contribution in [0.2, 0.25) is 0 Å². The van der Waals surface area contributed by atoms with Crippen LogP contribution in [-0.2, 0) is 4.74 Å². The topological polar surface area (TPSA) is 21.6 Å². The van der Waals surface area contributed by atoms with E-state index in [1.54, 1.807) is 0 Å². The van der Waals surface area contributed by atoms with E-state index in [9.17, 15) is 0 Å². The quantitative estimate of drug-likeness (QED) is 0.732. The van der Waals surface area contributed by atoms with Gasteiger partial charge in [0, 0.05) is 0 Å². The fraction of sp³-hybridized carbons (Fsp3) is 0.211. The molecule has 3 heteroatoms. The summed E-state index contributed by atoms with van der Waals surface area (Å²) in [5.74, 6) is 0. The van der Waals surface area contributed by atoms with Gasteiger partial charge in [0.2, 0.25) is 0 Å². The number of aryl methyl sites for hydroxylation is 3. The summed E-state index contributed by atoms with van der Waals surface area (Å²) in [7, 11) is 0. The fourth-order valence-electron chi connectivity index (χ4n) is 2.35. The van der Waals surface area contributed by atoms with Crippen molar-refractivity contribution in [3.05, 3.63) is 69.2 Å². The summed E-state index contributed by atoms with van der Waals surface area (Å²) in [6, 6.07) is 14.8. The second kappa shape index (κ2) is 6.51. The molecule has 0 N–H and O–H groups in total. The van der Waals surface area contributed by atoms with E-state index in [-0.39, 0.29) is 15.0 Å². The van der Waals surface area contributed by atoms with Crippen molar-refractivity contribution in [3.63, 3.8) is 0 Å². The number of ether oxygens (including phenoxy) is 1. The Hall–Kier alpha value is -1.83. The predicted octanol–water partition coefficient (Wildman–Crippen LogP) is 4.37. The first-order valence-electron chi connectivity index (χ1n) is 7.34. The molecular formula is C19H19NOSe. The molecule has 0 amide bonds. The van der Waals surface area contributed by atoms with Gasteiger partial charge >= 0.3 is 138 Å². The van der Waals surface area contributed by atoms with Gasteiger partial charge in [-0.25, -0.2) is 0 Å². The van der Waals surface area contributed by atoms with Gasteiger partial charge in [-0.3, -0.25) is 0 Å². The van der Waals surface area contributed by atoms with Crippen molar-refractivity contribution < 1.29 is 4.74 Å². The molecule has 0 aliphatic carbocycles. The third-order valence-corrected chi connectivity index (χ3v) is 5.45. The van der Waals surface area contributed by atoms with Gasteiger partial charge < -0.3 is 0 Å². The van der Waals surface area contributed by atoms with Crippen molar-refractivity contribution in [3.8, 4) is 0 Å². The number of rotatable bonds is 2. The van der Waals surface area contributed by atoms with Crippen LogP contribution >= 0.6 is 0 Å². The van der Waals surface area contributed by atoms with E-state index in [0.717, 1.165) is 10.5 Å². The molecule has 2 aromatic carbocycles. The molecule has 1 fully saturated rings. The molecule has 0 unspecified atom stereocenters. The van der Waals surface area contributed by atoms with E-state index in [2.05, 4.69) is 69.3 Å². The molecule has 0 spiro atoms. The zero-order valence-electron chi connectivity index (χ0n) is 13.1. The Bertz CT molecular complexity index is 724. The number of para-hydroxylation sites is 1. The summed E-state index contributed by atoms with van der Waals surface area (Å²) in [6.07, 6.45) is 2.23. The van der Waals surface area contributed by atoms with Crippen molar-refractivity contribution in [1.29, 1.82) is 0 Å². The third kappa shape index (κ3) is 3.49. The summed E-state index contributed by atoms with van der Waals surface area (Å²) in [5, 5.41) is 0. The molecule has 2 nitrogen and oxygen atoms in total. The Morgan fingerprint density at radius 3 is 2.36 bits per heavy atom. The van der Waals surface area contributed by atoms with E-state index in [4.69, 9.17) is 9.73 Å². The summed E-state index contributed by atoms with van der Waals surface area (Å²) >= 11 is 0.180. The van der Waals surface area contributed by atoms with Gasteiger partial charge in [-0.2, -0.15) is 0 Å². The molecule has 1 aliphatic heterocycles. The Morgan fingerprint density at radius 2 is 1.68 bits per heavy atom. The average molecular weight is 356 g/mol. The summed E-state index contributed by atoms with van der Waals surface area (Å²) in [5.41, 5.74) is 5.97. The number of hydrogen-bond acceptors (Lipinski definition) is 2. The van der Waals surface area contributed by atoms with Crippen LogP contribution in [0, 0.1) is 20.8 Å². The summed E-state index contributed by atoms with van der Waals surface area (Å²) in [4.78, 5) is 5.62. The van der Waals surface area contributed by atoms with Gasteiger partial charge in [0.05, 0.1) is 0 Å². The van der Waals surface area contributed by atoms with E-state index in [1.807, 2.05) is 0 Å².